The van der Waals surface area contributed by atoms with E-state index in [1.807, 2.05) is 18.7 Å². The summed E-state index contributed by atoms with van der Waals surface area (Å²) in [5.41, 5.74) is 0.108. The molecule has 1 N–H and O–H groups in total. The standard InChI is InChI=1S/C14H18F3NS/c1-10(18-9-13(19-2)6-7-13)11-4-3-5-12(8-11)14(15,16)17/h3-5,8,10,18H,6-7,9H2,1-2H3. The average molecular weight is 289 g/mol. The van der Waals surface area contributed by atoms with Crippen LogP contribution in [0.3, 0.4) is 0 Å². The lowest BCUT2D eigenvalue weighted by Crippen LogP contribution is -2.28. The van der Waals surface area contributed by atoms with Crippen molar-refractivity contribution in [1.82, 2.24) is 5.32 Å². The van der Waals surface area contributed by atoms with E-state index in [2.05, 4.69) is 11.6 Å². The van der Waals surface area contributed by atoms with Crippen molar-refractivity contribution in [3.63, 3.8) is 0 Å². The fraction of sp³-hybridized carbons (Fsp3) is 0.571. The third kappa shape index (κ3) is 3.66. The van der Waals surface area contributed by atoms with Gasteiger partial charge in [-0.15, -0.1) is 0 Å². The van der Waals surface area contributed by atoms with Crippen LogP contribution in [0.4, 0.5) is 13.2 Å². The molecule has 0 bridgehead atoms. The summed E-state index contributed by atoms with van der Waals surface area (Å²) < 4.78 is 38.3. The Morgan fingerprint density at radius 2 is 2.05 bits per heavy atom. The Labute approximate surface area is 116 Å². The highest BCUT2D eigenvalue weighted by molar-refractivity contribution is 8.00. The van der Waals surface area contributed by atoms with Crippen molar-refractivity contribution in [2.24, 2.45) is 0 Å². The summed E-state index contributed by atoms with van der Waals surface area (Å²) >= 11 is 1.84. The van der Waals surface area contributed by atoms with Crippen LogP contribution in [-0.2, 0) is 6.18 Å². The summed E-state index contributed by atoms with van der Waals surface area (Å²) in [6, 6.07) is 5.49. The minimum absolute atomic E-state index is 0.0630. The summed E-state index contributed by atoms with van der Waals surface area (Å²) in [6.45, 7) is 2.76. The van der Waals surface area contributed by atoms with Gasteiger partial charge in [0.15, 0.2) is 0 Å². The third-order valence-electron chi connectivity index (χ3n) is 3.69. The molecule has 5 heteroatoms. The van der Waals surface area contributed by atoms with Crippen LogP contribution in [0.1, 0.15) is 36.9 Å². The minimum atomic E-state index is -4.27. The van der Waals surface area contributed by atoms with Gasteiger partial charge in [0.05, 0.1) is 5.56 Å². The van der Waals surface area contributed by atoms with Crippen LogP contribution in [0, 0.1) is 0 Å². The number of alkyl halides is 3. The van der Waals surface area contributed by atoms with Crippen molar-refractivity contribution in [2.75, 3.05) is 12.8 Å². The van der Waals surface area contributed by atoms with Gasteiger partial charge < -0.3 is 5.32 Å². The molecule has 1 nitrogen and oxygen atoms in total. The van der Waals surface area contributed by atoms with Gasteiger partial charge in [-0.05, 0) is 43.7 Å². The minimum Gasteiger partial charge on any atom is -0.309 e. The molecule has 1 aliphatic rings. The molecule has 19 heavy (non-hydrogen) atoms. The molecule has 1 saturated carbocycles. The first-order chi connectivity index (χ1) is 8.86. The van der Waals surface area contributed by atoms with Crippen molar-refractivity contribution in [1.29, 1.82) is 0 Å². The lowest BCUT2D eigenvalue weighted by Gasteiger charge is -2.19. The lowest BCUT2D eigenvalue weighted by atomic mass is 10.0. The molecule has 1 fully saturated rings. The van der Waals surface area contributed by atoms with Gasteiger partial charge in [-0.2, -0.15) is 24.9 Å². The van der Waals surface area contributed by atoms with Gasteiger partial charge in [0, 0.05) is 17.3 Å². The molecular formula is C14H18F3NS. The van der Waals surface area contributed by atoms with E-state index in [9.17, 15) is 13.2 Å². The number of halogens is 3. The first kappa shape index (κ1) is 14.7. The largest absolute Gasteiger partial charge is 0.416 e. The van der Waals surface area contributed by atoms with Crippen molar-refractivity contribution in [3.05, 3.63) is 35.4 Å². The van der Waals surface area contributed by atoms with E-state index in [1.165, 1.54) is 25.0 Å². The molecule has 106 valence electrons. The number of thioether (sulfide) groups is 1. The molecule has 2 rings (SSSR count). The van der Waals surface area contributed by atoms with Crippen LogP contribution in [0.25, 0.3) is 0 Å². The van der Waals surface area contributed by atoms with E-state index < -0.39 is 11.7 Å². The summed E-state index contributed by atoms with van der Waals surface area (Å²) in [5, 5.41) is 3.34. The number of rotatable bonds is 5. The van der Waals surface area contributed by atoms with Gasteiger partial charge >= 0.3 is 6.18 Å². The van der Waals surface area contributed by atoms with Crippen LogP contribution in [0.5, 0.6) is 0 Å². The maximum atomic E-state index is 12.6. The van der Waals surface area contributed by atoms with E-state index >= 15 is 0 Å². The van der Waals surface area contributed by atoms with Gasteiger partial charge in [-0.1, -0.05) is 12.1 Å². The first-order valence-corrected chi connectivity index (χ1v) is 7.54. The molecule has 1 aromatic carbocycles. The number of hydrogen-bond donors (Lipinski definition) is 1. The van der Waals surface area contributed by atoms with Crippen molar-refractivity contribution >= 4 is 11.8 Å². The van der Waals surface area contributed by atoms with Crippen LogP contribution in [0.15, 0.2) is 24.3 Å². The molecule has 0 spiro atoms. The molecule has 0 aliphatic heterocycles. The van der Waals surface area contributed by atoms with Crippen LogP contribution >= 0.6 is 11.8 Å². The summed E-state index contributed by atoms with van der Waals surface area (Å²) in [7, 11) is 0. The highest BCUT2D eigenvalue weighted by Crippen LogP contribution is 2.46. The fourth-order valence-electron chi connectivity index (χ4n) is 2.03. The SMILES string of the molecule is CSC1(CNC(C)c2cccc(C(F)(F)F)c2)CC1. The van der Waals surface area contributed by atoms with Crippen molar-refractivity contribution in [2.45, 2.75) is 36.7 Å². The maximum Gasteiger partial charge on any atom is 0.416 e. The zero-order valence-corrected chi connectivity index (χ0v) is 11.9. The van der Waals surface area contributed by atoms with Gasteiger partial charge in [0.2, 0.25) is 0 Å². The fourth-order valence-corrected chi connectivity index (χ4v) is 2.77. The highest BCUT2D eigenvalue weighted by Gasteiger charge is 2.41. The van der Waals surface area contributed by atoms with Crippen LogP contribution < -0.4 is 5.32 Å². The predicted molar refractivity (Wildman–Crippen MR) is 73.3 cm³/mol. The number of benzene rings is 1. The molecule has 1 unspecified atom stereocenters. The Bertz CT molecular complexity index is 441. The Morgan fingerprint density at radius 3 is 2.58 bits per heavy atom. The Morgan fingerprint density at radius 1 is 1.37 bits per heavy atom. The predicted octanol–water partition coefficient (Wildman–Crippen LogP) is 4.25. The smallest absolute Gasteiger partial charge is 0.309 e. The third-order valence-corrected chi connectivity index (χ3v) is 5.10. The van der Waals surface area contributed by atoms with Gasteiger partial charge in [0.1, 0.15) is 0 Å². The van der Waals surface area contributed by atoms with Gasteiger partial charge in [0.25, 0.3) is 0 Å². The highest BCUT2D eigenvalue weighted by atomic mass is 32.2. The van der Waals surface area contributed by atoms with E-state index in [-0.39, 0.29) is 6.04 Å². The molecule has 0 amide bonds. The van der Waals surface area contributed by atoms with Gasteiger partial charge in [-0.25, -0.2) is 0 Å². The quantitative estimate of drug-likeness (QED) is 0.869. The zero-order valence-electron chi connectivity index (χ0n) is 11.1. The number of nitrogens with one attached hydrogen (secondary N) is 1. The molecule has 0 heterocycles. The van der Waals surface area contributed by atoms with Gasteiger partial charge in [-0.3, -0.25) is 0 Å². The van der Waals surface area contributed by atoms with Crippen molar-refractivity contribution in [3.8, 4) is 0 Å². The topological polar surface area (TPSA) is 12.0 Å². The summed E-state index contributed by atoms with van der Waals surface area (Å²) in [6.07, 6.45) is 0.198. The normalized spacial score (nSPS) is 19.2. The summed E-state index contributed by atoms with van der Waals surface area (Å²) in [5.74, 6) is 0. The second-order valence-electron chi connectivity index (χ2n) is 5.11. The maximum absolute atomic E-state index is 12.6. The van der Waals surface area contributed by atoms with E-state index in [1.54, 1.807) is 6.07 Å². The number of hydrogen-bond acceptors (Lipinski definition) is 2. The monoisotopic (exact) mass is 289 g/mol. The second kappa shape index (κ2) is 5.37. The first-order valence-electron chi connectivity index (χ1n) is 6.32. The molecule has 1 atom stereocenters. The Hall–Kier alpha value is -0.680. The zero-order chi connectivity index (χ0) is 14.1. The van der Waals surface area contributed by atoms with E-state index in [0.717, 1.165) is 12.6 Å². The Balaban J connectivity index is 2.01. The molecular weight excluding hydrogens is 271 g/mol. The lowest BCUT2D eigenvalue weighted by molar-refractivity contribution is -0.137. The van der Waals surface area contributed by atoms with Crippen molar-refractivity contribution < 1.29 is 13.2 Å². The van der Waals surface area contributed by atoms with Crippen LogP contribution in [-0.4, -0.2) is 17.5 Å². The molecule has 0 saturated heterocycles. The van der Waals surface area contributed by atoms with Crippen LogP contribution in [0.2, 0.25) is 0 Å². The average Bonchev–Trinajstić information content (AvgIpc) is 3.16. The van der Waals surface area contributed by atoms with E-state index in [0.29, 0.717) is 10.3 Å². The molecule has 0 aromatic heterocycles. The second-order valence-corrected chi connectivity index (χ2v) is 6.39. The molecule has 1 aliphatic carbocycles. The van der Waals surface area contributed by atoms with E-state index in [4.69, 9.17) is 0 Å². The summed E-state index contributed by atoms with van der Waals surface area (Å²) in [4.78, 5) is 0. The molecule has 1 aromatic rings. The molecule has 0 radical (unpaired) electrons. The Kier molecular flexibility index (Phi) is 4.16.